The third kappa shape index (κ3) is 4.39. The highest BCUT2D eigenvalue weighted by atomic mass is 16.5. The van der Waals surface area contributed by atoms with Gasteiger partial charge in [-0.05, 0) is 18.6 Å². The summed E-state index contributed by atoms with van der Waals surface area (Å²) < 4.78 is 13.5. The van der Waals surface area contributed by atoms with E-state index in [0.29, 0.717) is 26.1 Å². The number of hydrogen-bond donors (Lipinski definition) is 0. The summed E-state index contributed by atoms with van der Waals surface area (Å²) in [6.07, 6.45) is 2.00. The number of aryl methyl sites for hydroxylation is 1. The van der Waals surface area contributed by atoms with Crippen LogP contribution in [0.2, 0.25) is 0 Å². The molecule has 2 fully saturated rings. The van der Waals surface area contributed by atoms with Gasteiger partial charge in [-0.15, -0.1) is 0 Å². The van der Waals surface area contributed by atoms with Gasteiger partial charge in [-0.25, -0.2) is 9.50 Å². The number of ether oxygens (including phenoxy) is 2. The predicted octanol–water partition coefficient (Wildman–Crippen LogP) is 2.01. The molecule has 0 unspecified atom stereocenters. The SMILES string of the molecule is Cc1nn2c([C@H]3CN(C(=O)Cc4ccccc4)CCO3)ccnc2c1CN1CCOCC1. The number of carbonyl (C=O) groups is 1. The average molecular weight is 436 g/mol. The molecule has 0 N–H and O–H groups in total. The van der Waals surface area contributed by atoms with E-state index >= 15 is 0 Å². The Balaban J connectivity index is 1.35. The molecular weight excluding hydrogens is 406 g/mol. The number of carbonyl (C=O) groups excluding carboxylic acids is 1. The summed E-state index contributed by atoms with van der Waals surface area (Å²) in [6, 6.07) is 11.8. The second kappa shape index (κ2) is 9.36. The molecule has 4 heterocycles. The first-order valence-electron chi connectivity index (χ1n) is 11.3. The van der Waals surface area contributed by atoms with Crippen molar-refractivity contribution in [2.24, 2.45) is 0 Å². The van der Waals surface area contributed by atoms with E-state index < -0.39 is 0 Å². The van der Waals surface area contributed by atoms with Gasteiger partial charge in [0.1, 0.15) is 6.10 Å². The smallest absolute Gasteiger partial charge is 0.227 e. The fraction of sp³-hybridized carbons (Fsp3) is 0.458. The van der Waals surface area contributed by atoms with Crippen molar-refractivity contribution in [2.45, 2.75) is 26.0 Å². The zero-order chi connectivity index (χ0) is 21.9. The normalized spacial score (nSPS) is 20.0. The van der Waals surface area contributed by atoms with Gasteiger partial charge in [0.15, 0.2) is 5.65 Å². The van der Waals surface area contributed by atoms with Crippen LogP contribution in [0, 0.1) is 6.92 Å². The second-order valence-electron chi connectivity index (χ2n) is 8.42. The maximum atomic E-state index is 12.9. The topological polar surface area (TPSA) is 72.2 Å². The molecule has 8 nitrogen and oxygen atoms in total. The molecular formula is C24H29N5O3. The van der Waals surface area contributed by atoms with Crippen LogP contribution in [0.25, 0.3) is 5.65 Å². The minimum atomic E-state index is -0.232. The van der Waals surface area contributed by atoms with Crippen molar-refractivity contribution in [2.75, 3.05) is 46.0 Å². The van der Waals surface area contributed by atoms with Crippen molar-refractivity contribution in [1.29, 1.82) is 0 Å². The highest BCUT2D eigenvalue weighted by Crippen LogP contribution is 2.25. The molecule has 1 aromatic carbocycles. The molecule has 0 saturated carbocycles. The first kappa shape index (κ1) is 21.1. The van der Waals surface area contributed by atoms with E-state index in [4.69, 9.17) is 14.6 Å². The monoisotopic (exact) mass is 435 g/mol. The van der Waals surface area contributed by atoms with Crippen molar-refractivity contribution in [3.63, 3.8) is 0 Å². The Labute approximate surface area is 187 Å². The number of hydrogen-bond acceptors (Lipinski definition) is 6. The van der Waals surface area contributed by atoms with Crippen molar-refractivity contribution in [1.82, 2.24) is 24.4 Å². The molecule has 2 aliphatic rings. The summed E-state index contributed by atoms with van der Waals surface area (Å²) in [5.74, 6) is 0.124. The van der Waals surface area contributed by atoms with Gasteiger partial charge in [0.25, 0.3) is 0 Å². The molecule has 5 rings (SSSR count). The molecule has 2 aromatic heterocycles. The van der Waals surface area contributed by atoms with Crippen LogP contribution in [-0.4, -0.2) is 76.3 Å². The molecule has 168 valence electrons. The van der Waals surface area contributed by atoms with Crippen LogP contribution in [0.15, 0.2) is 42.6 Å². The lowest BCUT2D eigenvalue weighted by molar-refractivity contribution is -0.138. The maximum absolute atomic E-state index is 12.9. The number of aromatic nitrogens is 3. The van der Waals surface area contributed by atoms with Gasteiger partial charge >= 0.3 is 0 Å². The number of fused-ring (bicyclic) bond motifs is 1. The van der Waals surface area contributed by atoms with Crippen LogP contribution in [0.4, 0.5) is 0 Å². The summed E-state index contributed by atoms with van der Waals surface area (Å²) in [4.78, 5) is 21.8. The molecule has 2 aliphatic heterocycles. The van der Waals surface area contributed by atoms with E-state index in [1.165, 1.54) is 0 Å². The lowest BCUT2D eigenvalue weighted by Gasteiger charge is -2.33. The Hall–Kier alpha value is -2.81. The van der Waals surface area contributed by atoms with Gasteiger partial charge in [-0.3, -0.25) is 9.69 Å². The minimum absolute atomic E-state index is 0.124. The third-order valence-electron chi connectivity index (χ3n) is 6.28. The Morgan fingerprint density at radius 3 is 2.72 bits per heavy atom. The van der Waals surface area contributed by atoms with Crippen LogP contribution >= 0.6 is 0 Å². The Morgan fingerprint density at radius 2 is 1.91 bits per heavy atom. The largest absolute Gasteiger partial charge is 0.379 e. The Kier molecular flexibility index (Phi) is 6.16. The van der Waals surface area contributed by atoms with Crippen molar-refractivity contribution in [3.8, 4) is 0 Å². The molecule has 32 heavy (non-hydrogen) atoms. The van der Waals surface area contributed by atoms with E-state index in [0.717, 1.165) is 61.0 Å². The molecule has 3 aromatic rings. The molecule has 0 aliphatic carbocycles. The highest BCUT2D eigenvalue weighted by molar-refractivity contribution is 5.78. The van der Waals surface area contributed by atoms with Gasteiger partial charge in [0, 0.05) is 37.9 Å². The fourth-order valence-electron chi connectivity index (χ4n) is 4.46. The summed E-state index contributed by atoms with van der Waals surface area (Å²) in [5.41, 5.74) is 4.94. The van der Waals surface area contributed by atoms with Crippen LogP contribution in [-0.2, 0) is 27.2 Å². The number of amides is 1. The van der Waals surface area contributed by atoms with Crippen LogP contribution in [0.3, 0.4) is 0 Å². The standard InChI is InChI=1S/C24H29N5O3/c1-18-20(16-27-9-12-31-13-10-27)24-25-8-7-21(29(24)26-18)22-17-28(11-14-32-22)23(30)15-19-5-3-2-4-6-19/h2-8,22H,9-17H2,1H3/t22-/m1/s1. The fourth-order valence-corrected chi connectivity index (χ4v) is 4.46. The van der Waals surface area contributed by atoms with E-state index in [9.17, 15) is 4.79 Å². The number of nitrogens with zero attached hydrogens (tertiary/aromatic N) is 5. The maximum Gasteiger partial charge on any atom is 0.227 e. The number of benzene rings is 1. The van der Waals surface area contributed by atoms with Crippen LogP contribution in [0.5, 0.6) is 0 Å². The molecule has 8 heteroatoms. The van der Waals surface area contributed by atoms with Gasteiger partial charge in [-0.2, -0.15) is 5.10 Å². The highest BCUT2D eigenvalue weighted by Gasteiger charge is 2.28. The Morgan fingerprint density at radius 1 is 1.09 bits per heavy atom. The minimum Gasteiger partial charge on any atom is -0.379 e. The first-order valence-corrected chi connectivity index (χ1v) is 11.3. The van der Waals surface area contributed by atoms with E-state index in [2.05, 4.69) is 9.88 Å². The molecule has 2 saturated heterocycles. The van der Waals surface area contributed by atoms with Crippen LogP contribution < -0.4 is 0 Å². The Bertz CT molecular complexity index is 1080. The first-order chi connectivity index (χ1) is 15.7. The molecule has 1 atom stereocenters. The number of morpholine rings is 2. The van der Waals surface area contributed by atoms with Crippen LogP contribution in [0.1, 0.15) is 28.6 Å². The lowest BCUT2D eigenvalue weighted by Crippen LogP contribution is -2.43. The van der Waals surface area contributed by atoms with Gasteiger partial charge in [-0.1, -0.05) is 30.3 Å². The summed E-state index contributed by atoms with van der Waals surface area (Å²) in [7, 11) is 0. The molecule has 0 bridgehead atoms. The molecule has 0 radical (unpaired) electrons. The lowest BCUT2D eigenvalue weighted by atomic mass is 10.1. The average Bonchev–Trinajstić information content (AvgIpc) is 3.15. The van der Waals surface area contributed by atoms with E-state index in [1.807, 2.05) is 58.9 Å². The molecule has 1 amide bonds. The van der Waals surface area contributed by atoms with E-state index in [1.54, 1.807) is 0 Å². The van der Waals surface area contributed by atoms with Gasteiger partial charge in [0.2, 0.25) is 5.91 Å². The number of rotatable bonds is 5. The summed E-state index contributed by atoms with van der Waals surface area (Å²) in [6.45, 7) is 7.84. The predicted molar refractivity (Wildman–Crippen MR) is 119 cm³/mol. The van der Waals surface area contributed by atoms with Crippen molar-refractivity contribution < 1.29 is 14.3 Å². The zero-order valence-electron chi connectivity index (χ0n) is 18.4. The van der Waals surface area contributed by atoms with E-state index in [-0.39, 0.29) is 12.0 Å². The quantitative estimate of drug-likeness (QED) is 0.611. The second-order valence-corrected chi connectivity index (χ2v) is 8.42. The van der Waals surface area contributed by atoms with Gasteiger partial charge in [0.05, 0.1) is 44.2 Å². The van der Waals surface area contributed by atoms with Crippen molar-refractivity contribution in [3.05, 3.63) is 65.1 Å². The van der Waals surface area contributed by atoms with Gasteiger partial charge < -0.3 is 14.4 Å². The van der Waals surface area contributed by atoms with Crippen molar-refractivity contribution >= 4 is 11.6 Å². The summed E-state index contributed by atoms with van der Waals surface area (Å²) in [5, 5.41) is 4.80. The zero-order valence-corrected chi connectivity index (χ0v) is 18.4. The molecule has 0 spiro atoms. The third-order valence-corrected chi connectivity index (χ3v) is 6.28. The summed E-state index contributed by atoms with van der Waals surface area (Å²) >= 11 is 0.